The Morgan fingerprint density at radius 1 is 1.00 bits per heavy atom. The highest BCUT2D eigenvalue weighted by molar-refractivity contribution is 7.98. The molecule has 7 heteroatoms. The number of hydrogen-bond donors (Lipinski definition) is 1. The summed E-state index contributed by atoms with van der Waals surface area (Å²) in [6, 6.07) is 22.2. The number of nitrogens with one attached hydrogen (secondary N) is 1. The topological polar surface area (TPSA) is 73.2 Å². The van der Waals surface area contributed by atoms with E-state index in [1.54, 1.807) is 24.3 Å². The third-order valence-corrected chi connectivity index (χ3v) is 9.19. The van der Waals surface area contributed by atoms with Gasteiger partial charge in [0.15, 0.2) is 5.78 Å². The number of nitrogens with zero attached hydrogens (tertiary/aromatic N) is 2. The van der Waals surface area contributed by atoms with Crippen molar-refractivity contribution in [3.05, 3.63) is 113 Å². The third kappa shape index (κ3) is 6.41. The zero-order valence-electron chi connectivity index (χ0n) is 23.1. The third-order valence-electron chi connectivity index (χ3n) is 8.09. The highest BCUT2D eigenvalue weighted by atomic mass is 32.2. The summed E-state index contributed by atoms with van der Waals surface area (Å²) in [4.78, 5) is 31.3. The Labute approximate surface area is 245 Å². The number of amides is 1. The molecule has 3 aromatic carbocycles. The molecule has 1 aromatic heterocycles. The molecule has 210 valence electrons. The van der Waals surface area contributed by atoms with Gasteiger partial charge in [-0.15, -0.1) is 11.8 Å². The minimum atomic E-state index is -0.240. The van der Waals surface area contributed by atoms with Gasteiger partial charge in [-0.05, 0) is 61.1 Å². The van der Waals surface area contributed by atoms with Crippen molar-refractivity contribution in [2.24, 2.45) is 0 Å². The van der Waals surface area contributed by atoms with Crippen molar-refractivity contribution in [3.8, 4) is 5.75 Å². The summed E-state index contributed by atoms with van der Waals surface area (Å²) in [7, 11) is 0. The Hall–Kier alpha value is -3.84. The summed E-state index contributed by atoms with van der Waals surface area (Å²) < 4.78 is 8.83. The van der Waals surface area contributed by atoms with Gasteiger partial charge >= 0.3 is 0 Å². The molecule has 6 nitrogen and oxygen atoms in total. The first-order valence-electron chi connectivity index (χ1n) is 14.5. The summed E-state index contributed by atoms with van der Waals surface area (Å²) in [5.41, 5.74) is 4.70. The molecule has 0 saturated heterocycles. The molecule has 1 saturated carbocycles. The second-order valence-corrected chi connectivity index (χ2v) is 11.9. The Morgan fingerprint density at radius 2 is 1.80 bits per heavy atom. The van der Waals surface area contributed by atoms with Crippen LogP contribution in [0, 0.1) is 0 Å². The van der Waals surface area contributed by atoms with Crippen molar-refractivity contribution in [3.63, 3.8) is 0 Å². The van der Waals surface area contributed by atoms with Crippen molar-refractivity contribution in [2.75, 3.05) is 0 Å². The summed E-state index contributed by atoms with van der Waals surface area (Å²) in [5, 5.41) is 3.24. The van der Waals surface area contributed by atoms with Gasteiger partial charge in [-0.1, -0.05) is 55.3 Å². The number of fused-ring (bicyclic) bond motifs is 1. The highest BCUT2D eigenvalue weighted by Gasteiger charge is 2.26. The molecule has 1 atom stereocenters. The predicted octanol–water partition coefficient (Wildman–Crippen LogP) is 7.19. The summed E-state index contributed by atoms with van der Waals surface area (Å²) in [6.07, 6.45) is 12.0. The largest absolute Gasteiger partial charge is 0.484 e. The number of ether oxygens (including phenoxy) is 1. The van der Waals surface area contributed by atoms with E-state index in [1.165, 1.54) is 12.8 Å². The lowest BCUT2D eigenvalue weighted by Crippen LogP contribution is -2.32. The van der Waals surface area contributed by atoms with Gasteiger partial charge in [-0.25, -0.2) is 4.98 Å². The minimum absolute atomic E-state index is 0.00813. The zero-order chi connectivity index (χ0) is 28.0. The van der Waals surface area contributed by atoms with Crippen molar-refractivity contribution in [1.82, 2.24) is 14.9 Å². The van der Waals surface area contributed by atoms with Crippen LogP contribution in [-0.4, -0.2) is 27.3 Å². The number of carbonyl (C=O) groups excluding carboxylic acids is 2. The number of aromatic nitrogens is 2. The van der Waals surface area contributed by atoms with E-state index >= 15 is 0 Å². The second-order valence-electron chi connectivity index (χ2n) is 10.9. The number of Topliss-reactive ketones (excluding diaryl/α,β-unsaturated/α-hetero) is 1. The number of ketones is 1. The molecule has 1 N–H and O–H groups in total. The fourth-order valence-corrected chi connectivity index (χ4v) is 7.04. The number of hydrogen-bond acceptors (Lipinski definition) is 5. The lowest BCUT2D eigenvalue weighted by Gasteiger charge is -2.26. The quantitative estimate of drug-likeness (QED) is 0.206. The van der Waals surface area contributed by atoms with Gasteiger partial charge in [0.05, 0.1) is 18.4 Å². The normalized spacial score (nSPS) is 15.9. The molecule has 41 heavy (non-hydrogen) atoms. The van der Waals surface area contributed by atoms with Gasteiger partial charge in [-0.2, -0.15) is 0 Å². The van der Waals surface area contributed by atoms with Crippen molar-refractivity contribution >= 4 is 23.5 Å². The number of benzene rings is 3. The average molecular weight is 566 g/mol. The Balaban J connectivity index is 1.31. The first-order valence-corrected chi connectivity index (χ1v) is 15.5. The van der Waals surface area contributed by atoms with Crippen LogP contribution in [0.1, 0.15) is 82.0 Å². The molecule has 0 unspecified atom stereocenters. The van der Waals surface area contributed by atoms with E-state index in [-0.39, 0.29) is 23.8 Å². The first kappa shape index (κ1) is 27.3. The summed E-state index contributed by atoms with van der Waals surface area (Å²) >= 11 is 1.64. The fourth-order valence-electron chi connectivity index (χ4n) is 5.93. The molecule has 0 radical (unpaired) electrons. The molecule has 0 spiro atoms. The van der Waals surface area contributed by atoms with Crippen molar-refractivity contribution < 1.29 is 14.3 Å². The van der Waals surface area contributed by atoms with Crippen molar-refractivity contribution in [2.45, 2.75) is 74.3 Å². The molecular formula is C34H35N3O3S. The number of rotatable bonds is 10. The highest BCUT2D eigenvalue weighted by Crippen LogP contribution is 2.38. The SMILES string of the molecule is O=C(NC1CCCC1)c1ccccc1SCc1c(O[C@H](Cn2ccnc2)c2ccccc2)ccc2c1CCCC2=O. The molecule has 4 aromatic rings. The van der Waals surface area contributed by atoms with E-state index in [1.807, 2.05) is 65.4 Å². The summed E-state index contributed by atoms with van der Waals surface area (Å²) in [6.45, 7) is 0.608. The van der Waals surface area contributed by atoms with Crippen molar-refractivity contribution in [1.29, 1.82) is 0 Å². The predicted molar refractivity (Wildman–Crippen MR) is 161 cm³/mol. The lowest BCUT2D eigenvalue weighted by molar-refractivity contribution is 0.0933. The maximum absolute atomic E-state index is 13.2. The summed E-state index contributed by atoms with van der Waals surface area (Å²) in [5.74, 6) is 1.57. The van der Waals surface area contributed by atoms with Crippen LogP contribution in [0.4, 0.5) is 0 Å². The van der Waals surface area contributed by atoms with E-state index in [4.69, 9.17) is 4.74 Å². The molecular weight excluding hydrogens is 530 g/mol. The van der Waals surface area contributed by atoms with Gasteiger partial charge in [0.2, 0.25) is 0 Å². The van der Waals surface area contributed by atoms with Crippen LogP contribution in [0.3, 0.4) is 0 Å². The van der Waals surface area contributed by atoms with Crippen LogP contribution in [0.25, 0.3) is 0 Å². The molecule has 1 fully saturated rings. The van der Waals surface area contributed by atoms with Crippen LogP contribution in [-0.2, 0) is 18.7 Å². The number of thioether (sulfide) groups is 1. The number of carbonyl (C=O) groups is 2. The monoisotopic (exact) mass is 565 g/mol. The first-order chi connectivity index (χ1) is 20.2. The smallest absolute Gasteiger partial charge is 0.252 e. The Morgan fingerprint density at radius 3 is 2.61 bits per heavy atom. The molecule has 2 aliphatic carbocycles. The van der Waals surface area contributed by atoms with E-state index in [2.05, 4.69) is 22.4 Å². The maximum atomic E-state index is 13.2. The van der Waals surface area contributed by atoms with Gasteiger partial charge < -0.3 is 14.6 Å². The van der Waals surface area contributed by atoms with Gasteiger partial charge in [0.25, 0.3) is 5.91 Å². The molecule has 2 aliphatic rings. The number of imidazole rings is 1. The lowest BCUT2D eigenvalue weighted by atomic mass is 9.87. The molecule has 1 amide bonds. The van der Waals surface area contributed by atoms with Gasteiger partial charge in [0.1, 0.15) is 11.9 Å². The minimum Gasteiger partial charge on any atom is -0.484 e. The Bertz CT molecular complexity index is 1500. The second kappa shape index (κ2) is 12.8. The fraction of sp³-hybridized carbons (Fsp3) is 0.324. The van der Waals surface area contributed by atoms with Crippen LogP contribution in [0.5, 0.6) is 5.75 Å². The Kier molecular flexibility index (Phi) is 8.52. The average Bonchev–Trinajstić information content (AvgIpc) is 3.72. The van der Waals surface area contributed by atoms with E-state index < -0.39 is 0 Å². The van der Waals surface area contributed by atoms with Crippen LogP contribution in [0.2, 0.25) is 0 Å². The van der Waals surface area contributed by atoms with Gasteiger partial charge in [-0.3, -0.25) is 9.59 Å². The molecule has 0 bridgehead atoms. The van der Waals surface area contributed by atoms with E-state index in [0.29, 0.717) is 24.3 Å². The zero-order valence-corrected chi connectivity index (χ0v) is 23.9. The van der Waals surface area contributed by atoms with Crippen LogP contribution in [0.15, 0.2) is 90.3 Å². The van der Waals surface area contributed by atoms with E-state index in [9.17, 15) is 9.59 Å². The van der Waals surface area contributed by atoms with Crippen LogP contribution >= 0.6 is 11.8 Å². The maximum Gasteiger partial charge on any atom is 0.252 e. The van der Waals surface area contributed by atoms with E-state index in [0.717, 1.165) is 58.6 Å². The molecule has 1 heterocycles. The van der Waals surface area contributed by atoms with Crippen LogP contribution < -0.4 is 10.1 Å². The van der Waals surface area contributed by atoms with Gasteiger partial charge in [0, 0.05) is 46.6 Å². The standard InChI is InChI=1S/C34H35N3O3S/c38-30-15-8-14-26-27(30)17-18-31(40-32(21-37-20-19-35-23-37)24-9-2-1-3-10-24)29(26)22-41-33-16-7-6-13-28(33)34(39)36-25-11-4-5-12-25/h1-3,6-7,9-10,13,16-20,23,25,32H,4-5,8,11-12,14-15,21-22H2,(H,36,39)/t32-/m1/s1. The molecule has 0 aliphatic heterocycles. The molecule has 6 rings (SSSR count).